The fraction of sp³-hybridized carbons (Fsp3) is 0.286. The van der Waals surface area contributed by atoms with Crippen LogP contribution in [0.3, 0.4) is 0 Å². The smallest absolute Gasteiger partial charge is 0.430 e. The number of aromatic hydroxyl groups is 1. The molecule has 2 aromatic rings. The molecule has 0 saturated heterocycles. The van der Waals surface area contributed by atoms with E-state index in [1.54, 1.807) is 12.1 Å². The Kier molecular flexibility index (Phi) is 4.77. The summed E-state index contributed by atoms with van der Waals surface area (Å²) in [6, 6.07) is 3.85. The number of nitrogens with zero attached hydrogens (tertiary/aromatic N) is 1. The van der Waals surface area contributed by atoms with Crippen LogP contribution in [-0.2, 0) is 0 Å². The number of hydrogen-bond donors (Lipinski definition) is 2. The Morgan fingerprint density at radius 2 is 2.23 bits per heavy atom. The molecule has 1 heterocycles. The van der Waals surface area contributed by atoms with Gasteiger partial charge in [0.2, 0.25) is 11.6 Å². The predicted molar refractivity (Wildman–Crippen MR) is 80.7 cm³/mol. The SMILES string of the molecule is CCCNC(=O)n1c(O)c(-c2cc(Cl)ccc2OC)oc1=O. The predicted octanol–water partition coefficient (Wildman–Crippen LogP) is 2.44. The number of nitrogens with one attached hydrogen (secondary N) is 1. The van der Waals surface area contributed by atoms with E-state index in [2.05, 4.69) is 5.32 Å². The molecule has 0 aliphatic carbocycles. The largest absolute Gasteiger partial charge is 0.496 e. The standard InChI is InChI=1S/C14H15ClN2O5/c1-3-6-16-13(19)17-12(18)11(22-14(17)20)9-7-8(15)4-5-10(9)21-2/h4-5,7,18H,3,6H2,1-2H3,(H,16,19). The third-order valence-electron chi connectivity index (χ3n) is 2.92. The number of methoxy groups -OCH3 is 1. The number of carbonyl (C=O) groups excluding carboxylic acids is 1. The van der Waals surface area contributed by atoms with E-state index in [9.17, 15) is 14.7 Å². The Morgan fingerprint density at radius 1 is 1.50 bits per heavy atom. The van der Waals surface area contributed by atoms with Crippen molar-refractivity contribution in [2.75, 3.05) is 13.7 Å². The van der Waals surface area contributed by atoms with Crippen molar-refractivity contribution in [1.82, 2.24) is 9.88 Å². The zero-order chi connectivity index (χ0) is 16.3. The molecule has 0 unspecified atom stereocenters. The Labute approximate surface area is 131 Å². The second kappa shape index (κ2) is 6.57. The van der Waals surface area contributed by atoms with E-state index in [4.69, 9.17) is 20.8 Å². The van der Waals surface area contributed by atoms with Gasteiger partial charge in [0, 0.05) is 11.6 Å². The summed E-state index contributed by atoms with van der Waals surface area (Å²) in [6.07, 6.45) is 0.689. The maximum Gasteiger partial charge on any atom is 0.430 e. The summed E-state index contributed by atoms with van der Waals surface area (Å²) in [5, 5.41) is 13.0. The quantitative estimate of drug-likeness (QED) is 0.900. The molecule has 0 atom stereocenters. The van der Waals surface area contributed by atoms with Crippen molar-refractivity contribution in [1.29, 1.82) is 0 Å². The van der Waals surface area contributed by atoms with Crippen LogP contribution in [0.15, 0.2) is 27.4 Å². The van der Waals surface area contributed by atoms with E-state index in [0.29, 0.717) is 28.3 Å². The molecule has 7 nitrogen and oxygen atoms in total. The van der Waals surface area contributed by atoms with E-state index in [0.717, 1.165) is 0 Å². The average Bonchev–Trinajstić information content (AvgIpc) is 2.79. The molecule has 0 fully saturated rings. The van der Waals surface area contributed by atoms with E-state index in [1.807, 2.05) is 6.92 Å². The molecule has 0 radical (unpaired) electrons. The minimum absolute atomic E-state index is 0.184. The van der Waals surface area contributed by atoms with Crippen LogP contribution in [0.4, 0.5) is 4.79 Å². The molecule has 1 amide bonds. The molecule has 2 N–H and O–H groups in total. The first-order chi connectivity index (χ1) is 10.5. The molecule has 0 aliphatic rings. The van der Waals surface area contributed by atoms with Crippen LogP contribution >= 0.6 is 11.6 Å². The van der Waals surface area contributed by atoms with Crippen LogP contribution in [-0.4, -0.2) is 29.4 Å². The maximum absolute atomic E-state index is 11.9. The van der Waals surface area contributed by atoms with Gasteiger partial charge in [0.1, 0.15) is 5.75 Å². The Bertz CT molecular complexity index is 750. The lowest BCUT2D eigenvalue weighted by Crippen LogP contribution is -2.34. The number of halogens is 1. The number of carbonyl (C=O) groups is 1. The first-order valence-electron chi connectivity index (χ1n) is 6.56. The minimum atomic E-state index is -0.997. The number of amides is 1. The highest BCUT2D eigenvalue weighted by atomic mass is 35.5. The van der Waals surface area contributed by atoms with Crippen molar-refractivity contribution < 1.29 is 19.1 Å². The fourth-order valence-electron chi connectivity index (χ4n) is 1.89. The lowest BCUT2D eigenvalue weighted by molar-refractivity contribution is 0.237. The Morgan fingerprint density at radius 3 is 2.86 bits per heavy atom. The highest BCUT2D eigenvalue weighted by Crippen LogP contribution is 2.36. The summed E-state index contributed by atoms with van der Waals surface area (Å²) in [5.41, 5.74) is 0.270. The highest BCUT2D eigenvalue weighted by Gasteiger charge is 2.24. The number of benzene rings is 1. The van der Waals surface area contributed by atoms with Gasteiger partial charge in [-0.15, -0.1) is 0 Å². The molecular formula is C14H15ClN2O5. The second-order valence-corrected chi connectivity index (χ2v) is 4.87. The molecule has 0 spiro atoms. The lowest BCUT2D eigenvalue weighted by Gasteiger charge is -2.07. The van der Waals surface area contributed by atoms with Crippen LogP contribution in [0.2, 0.25) is 5.02 Å². The number of oxazole rings is 1. The fourth-order valence-corrected chi connectivity index (χ4v) is 2.06. The molecule has 1 aromatic heterocycles. The van der Waals surface area contributed by atoms with Crippen LogP contribution < -0.4 is 15.8 Å². The van der Waals surface area contributed by atoms with Crippen molar-refractivity contribution >= 4 is 17.6 Å². The number of rotatable bonds is 4. The summed E-state index contributed by atoms with van der Waals surface area (Å²) < 4.78 is 10.6. The third-order valence-corrected chi connectivity index (χ3v) is 3.16. The van der Waals surface area contributed by atoms with E-state index >= 15 is 0 Å². The lowest BCUT2D eigenvalue weighted by atomic mass is 10.1. The second-order valence-electron chi connectivity index (χ2n) is 4.43. The van der Waals surface area contributed by atoms with Gasteiger partial charge in [-0.05, 0) is 24.6 Å². The summed E-state index contributed by atoms with van der Waals surface area (Å²) >= 11 is 5.91. The normalized spacial score (nSPS) is 10.5. The number of aromatic nitrogens is 1. The third kappa shape index (κ3) is 2.94. The van der Waals surface area contributed by atoms with Crippen LogP contribution in [0.5, 0.6) is 11.6 Å². The summed E-state index contributed by atoms with van der Waals surface area (Å²) in [6.45, 7) is 2.23. The topological polar surface area (TPSA) is 93.7 Å². The zero-order valence-electron chi connectivity index (χ0n) is 12.1. The molecule has 22 heavy (non-hydrogen) atoms. The number of hydrogen-bond acceptors (Lipinski definition) is 5. The molecule has 8 heteroatoms. The Balaban J connectivity index is 2.53. The van der Waals surface area contributed by atoms with Gasteiger partial charge in [0.25, 0.3) is 0 Å². The van der Waals surface area contributed by atoms with Crippen LogP contribution in [0.25, 0.3) is 11.3 Å². The van der Waals surface area contributed by atoms with Crippen molar-refractivity contribution in [2.24, 2.45) is 0 Å². The monoisotopic (exact) mass is 326 g/mol. The number of ether oxygens (including phenoxy) is 1. The molecule has 118 valence electrons. The maximum atomic E-state index is 11.9. The summed E-state index contributed by atoms with van der Waals surface area (Å²) in [7, 11) is 1.42. The molecule has 0 bridgehead atoms. The van der Waals surface area contributed by atoms with Crippen LogP contribution in [0.1, 0.15) is 13.3 Å². The first-order valence-corrected chi connectivity index (χ1v) is 6.94. The zero-order valence-corrected chi connectivity index (χ0v) is 12.8. The molecular weight excluding hydrogens is 312 g/mol. The summed E-state index contributed by atoms with van der Waals surface area (Å²) in [5.74, 6) is -1.45. The molecule has 0 saturated carbocycles. The van der Waals surface area contributed by atoms with Crippen LogP contribution in [0, 0.1) is 0 Å². The van der Waals surface area contributed by atoms with Gasteiger partial charge in [-0.3, -0.25) is 0 Å². The highest BCUT2D eigenvalue weighted by molar-refractivity contribution is 6.31. The van der Waals surface area contributed by atoms with Gasteiger partial charge in [0.05, 0.1) is 12.7 Å². The van der Waals surface area contributed by atoms with Crippen molar-refractivity contribution in [2.45, 2.75) is 13.3 Å². The Hall–Kier alpha value is -2.41. The van der Waals surface area contributed by atoms with Gasteiger partial charge >= 0.3 is 11.8 Å². The van der Waals surface area contributed by atoms with Crippen molar-refractivity contribution in [3.63, 3.8) is 0 Å². The molecule has 0 aliphatic heterocycles. The van der Waals surface area contributed by atoms with Gasteiger partial charge in [-0.25, -0.2) is 9.59 Å². The average molecular weight is 327 g/mol. The van der Waals surface area contributed by atoms with Gasteiger partial charge in [0.15, 0.2) is 0 Å². The van der Waals surface area contributed by atoms with Crippen molar-refractivity contribution in [3.05, 3.63) is 33.8 Å². The van der Waals surface area contributed by atoms with Crippen molar-refractivity contribution in [3.8, 4) is 23.0 Å². The van der Waals surface area contributed by atoms with E-state index in [1.165, 1.54) is 13.2 Å². The molecule has 1 aromatic carbocycles. The van der Waals surface area contributed by atoms with Gasteiger partial charge in [-0.1, -0.05) is 18.5 Å². The summed E-state index contributed by atoms with van der Waals surface area (Å²) in [4.78, 5) is 23.7. The first kappa shape index (κ1) is 16.0. The minimum Gasteiger partial charge on any atom is -0.496 e. The van der Waals surface area contributed by atoms with E-state index in [-0.39, 0.29) is 11.3 Å². The van der Waals surface area contributed by atoms with Gasteiger partial charge < -0.3 is 19.6 Å². The molecule has 2 rings (SSSR count). The van der Waals surface area contributed by atoms with E-state index < -0.39 is 17.7 Å². The van der Waals surface area contributed by atoms with Gasteiger partial charge in [-0.2, -0.15) is 4.57 Å².